The molecule has 2 aliphatic rings. The lowest BCUT2D eigenvalue weighted by atomic mass is 10.0. The maximum atomic E-state index is 12.5. The lowest BCUT2D eigenvalue weighted by molar-refractivity contribution is -0.111. The number of nitrogens with zero attached hydrogens (tertiary/aromatic N) is 4. The number of morpholine rings is 1. The van der Waals surface area contributed by atoms with E-state index in [0.717, 1.165) is 55.2 Å². The first-order valence-electron chi connectivity index (χ1n) is 11.2. The monoisotopic (exact) mass is 445 g/mol. The van der Waals surface area contributed by atoms with Gasteiger partial charge in [0.15, 0.2) is 0 Å². The zero-order valence-electron chi connectivity index (χ0n) is 18.4. The Bertz CT molecular complexity index is 1120. The number of amides is 1. The van der Waals surface area contributed by atoms with Crippen LogP contribution in [-0.2, 0) is 20.8 Å². The molecule has 2 saturated heterocycles. The third-order valence-electron chi connectivity index (χ3n) is 5.90. The standard InChI is InChI=1S/C25H27N5O3/c31-25(28-22-4-1-19(2-5-22)15-29-9-11-32-12-10-29)6-3-20-13-26-8-7-24(20)21-14-27-30(16-21)23-17-33-18-23/h1-8,13-14,16,23H,9-12,15,17-18H2,(H,28,31)/b6-3+. The molecule has 2 aliphatic heterocycles. The molecule has 1 N–H and O–H groups in total. The first-order chi connectivity index (χ1) is 16.2. The summed E-state index contributed by atoms with van der Waals surface area (Å²) in [5, 5.41) is 7.38. The van der Waals surface area contributed by atoms with Crippen molar-refractivity contribution < 1.29 is 14.3 Å². The Morgan fingerprint density at radius 2 is 1.91 bits per heavy atom. The number of carbonyl (C=O) groups is 1. The molecule has 8 heteroatoms. The molecule has 0 unspecified atom stereocenters. The molecule has 5 rings (SSSR count). The van der Waals surface area contributed by atoms with Gasteiger partial charge < -0.3 is 14.8 Å². The van der Waals surface area contributed by atoms with Gasteiger partial charge in [-0.25, -0.2) is 0 Å². The Hall–Kier alpha value is -3.33. The molecule has 2 aromatic heterocycles. The molecule has 170 valence electrons. The fourth-order valence-electron chi connectivity index (χ4n) is 3.92. The molecule has 0 bridgehead atoms. The molecule has 0 atom stereocenters. The zero-order valence-corrected chi connectivity index (χ0v) is 18.4. The normalized spacial score (nSPS) is 17.2. The van der Waals surface area contributed by atoms with E-state index in [2.05, 4.69) is 32.4 Å². The van der Waals surface area contributed by atoms with Gasteiger partial charge in [-0.1, -0.05) is 12.1 Å². The summed E-state index contributed by atoms with van der Waals surface area (Å²) in [6.07, 6.45) is 10.7. The number of hydrogen-bond acceptors (Lipinski definition) is 6. The molecule has 1 aromatic carbocycles. The van der Waals surface area contributed by atoms with E-state index in [4.69, 9.17) is 9.47 Å². The maximum Gasteiger partial charge on any atom is 0.248 e. The summed E-state index contributed by atoms with van der Waals surface area (Å²) in [5.41, 5.74) is 4.82. The number of pyridine rings is 1. The fraction of sp³-hybridized carbons (Fsp3) is 0.320. The molecule has 4 heterocycles. The SMILES string of the molecule is O=C(/C=C/c1cnccc1-c1cnn(C2COC2)c1)Nc1ccc(CN2CCOCC2)cc1. The first kappa shape index (κ1) is 21.5. The summed E-state index contributed by atoms with van der Waals surface area (Å²) in [6, 6.07) is 10.2. The lowest BCUT2D eigenvalue weighted by Gasteiger charge is -2.26. The van der Waals surface area contributed by atoms with Crippen molar-refractivity contribution in [3.63, 3.8) is 0 Å². The molecule has 2 fully saturated rings. The Labute approximate surface area is 192 Å². The van der Waals surface area contributed by atoms with Crippen molar-refractivity contribution in [1.29, 1.82) is 0 Å². The molecule has 33 heavy (non-hydrogen) atoms. The second kappa shape index (κ2) is 10.1. The maximum absolute atomic E-state index is 12.5. The summed E-state index contributed by atoms with van der Waals surface area (Å²) < 4.78 is 12.6. The third kappa shape index (κ3) is 5.36. The van der Waals surface area contributed by atoms with E-state index in [1.54, 1.807) is 18.5 Å². The lowest BCUT2D eigenvalue weighted by Crippen LogP contribution is -2.35. The van der Waals surface area contributed by atoms with Crippen LogP contribution in [0.5, 0.6) is 0 Å². The summed E-state index contributed by atoms with van der Waals surface area (Å²) in [6.45, 7) is 5.77. The van der Waals surface area contributed by atoms with E-state index < -0.39 is 0 Å². The number of carbonyl (C=O) groups excluding carboxylic acids is 1. The van der Waals surface area contributed by atoms with Crippen molar-refractivity contribution in [2.75, 3.05) is 44.8 Å². The van der Waals surface area contributed by atoms with Gasteiger partial charge in [0.1, 0.15) is 0 Å². The number of anilines is 1. The van der Waals surface area contributed by atoms with Gasteiger partial charge in [0.2, 0.25) is 5.91 Å². The molecular formula is C25H27N5O3. The Kier molecular flexibility index (Phi) is 6.57. The van der Waals surface area contributed by atoms with Crippen LogP contribution >= 0.6 is 0 Å². The van der Waals surface area contributed by atoms with Gasteiger partial charge in [-0.15, -0.1) is 0 Å². The molecule has 3 aromatic rings. The second-order valence-corrected chi connectivity index (χ2v) is 8.27. The minimum atomic E-state index is -0.187. The van der Waals surface area contributed by atoms with Gasteiger partial charge in [-0.2, -0.15) is 5.10 Å². The summed E-state index contributed by atoms with van der Waals surface area (Å²) in [7, 11) is 0. The average molecular weight is 446 g/mol. The molecular weight excluding hydrogens is 418 g/mol. The highest BCUT2D eigenvalue weighted by Crippen LogP contribution is 2.26. The highest BCUT2D eigenvalue weighted by Gasteiger charge is 2.21. The molecule has 1 amide bonds. The Morgan fingerprint density at radius 1 is 1.09 bits per heavy atom. The van der Waals surface area contributed by atoms with Gasteiger partial charge in [0.05, 0.1) is 38.7 Å². The van der Waals surface area contributed by atoms with Crippen LogP contribution in [0.3, 0.4) is 0 Å². The Morgan fingerprint density at radius 3 is 2.67 bits per heavy atom. The van der Waals surface area contributed by atoms with E-state index in [1.807, 2.05) is 35.3 Å². The van der Waals surface area contributed by atoms with Crippen LogP contribution in [0, 0.1) is 0 Å². The average Bonchev–Trinajstić information content (AvgIpc) is 3.28. The Balaban J connectivity index is 1.21. The number of benzene rings is 1. The van der Waals surface area contributed by atoms with Crippen LogP contribution in [0.1, 0.15) is 17.2 Å². The minimum absolute atomic E-state index is 0.187. The highest BCUT2D eigenvalue weighted by atomic mass is 16.5. The third-order valence-corrected chi connectivity index (χ3v) is 5.90. The van der Waals surface area contributed by atoms with Crippen molar-refractivity contribution in [3.8, 4) is 11.1 Å². The highest BCUT2D eigenvalue weighted by molar-refractivity contribution is 6.02. The van der Waals surface area contributed by atoms with Crippen LogP contribution in [0.25, 0.3) is 17.2 Å². The fourth-order valence-corrected chi connectivity index (χ4v) is 3.92. The quantitative estimate of drug-likeness (QED) is 0.563. The minimum Gasteiger partial charge on any atom is -0.379 e. The van der Waals surface area contributed by atoms with Crippen molar-refractivity contribution in [2.24, 2.45) is 0 Å². The van der Waals surface area contributed by atoms with Crippen LogP contribution < -0.4 is 5.32 Å². The predicted octanol–water partition coefficient (Wildman–Crippen LogP) is 3.00. The summed E-state index contributed by atoms with van der Waals surface area (Å²) in [5.74, 6) is -0.187. The number of aromatic nitrogens is 3. The van der Waals surface area contributed by atoms with Crippen molar-refractivity contribution in [2.45, 2.75) is 12.6 Å². The van der Waals surface area contributed by atoms with Crippen LogP contribution in [0.2, 0.25) is 0 Å². The molecule has 0 saturated carbocycles. The van der Waals surface area contributed by atoms with Gasteiger partial charge in [-0.05, 0) is 35.4 Å². The number of ether oxygens (including phenoxy) is 2. The topological polar surface area (TPSA) is 81.5 Å². The number of rotatable bonds is 7. The van der Waals surface area contributed by atoms with Crippen LogP contribution in [0.4, 0.5) is 5.69 Å². The predicted molar refractivity (Wildman–Crippen MR) is 126 cm³/mol. The van der Waals surface area contributed by atoms with E-state index in [1.165, 1.54) is 11.6 Å². The van der Waals surface area contributed by atoms with Crippen molar-refractivity contribution in [1.82, 2.24) is 19.7 Å². The van der Waals surface area contributed by atoms with E-state index >= 15 is 0 Å². The van der Waals surface area contributed by atoms with Crippen LogP contribution in [0.15, 0.2) is 61.2 Å². The molecule has 8 nitrogen and oxygen atoms in total. The van der Waals surface area contributed by atoms with E-state index in [9.17, 15) is 4.79 Å². The smallest absolute Gasteiger partial charge is 0.248 e. The van der Waals surface area contributed by atoms with Gasteiger partial charge in [-0.3, -0.25) is 19.4 Å². The summed E-state index contributed by atoms with van der Waals surface area (Å²) in [4.78, 5) is 19.1. The second-order valence-electron chi connectivity index (χ2n) is 8.27. The first-order valence-corrected chi connectivity index (χ1v) is 11.2. The van der Waals surface area contributed by atoms with Gasteiger partial charge >= 0.3 is 0 Å². The largest absolute Gasteiger partial charge is 0.379 e. The van der Waals surface area contributed by atoms with E-state index in [0.29, 0.717) is 19.3 Å². The molecule has 0 spiro atoms. The molecule has 0 radical (unpaired) electrons. The number of hydrogen-bond donors (Lipinski definition) is 1. The van der Waals surface area contributed by atoms with Gasteiger partial charge in [0, 0.05) is 61.1 Å². The summed E-state index contributed by atoms with van der Waals surface area (Å²) >= 11 is 0. The number of nitrogens with one attached hydrogen (secondary N) is 1. The van der Waals surface area contributed by atoms with E-state index in [-0.39, 0.29) is 5.91 Å². The van der Waals surface area contributed by atoms with Crippen molar-refractivity contribution >= 4 is 17.7 Å². The van der Waals surface area contributed by atoms with Crippen LogP contribution in [-0.4, -0.2) is 65.1 Å². The van der Waals surface area contributed by atoms with Crippen molar-refractivity contribution in [3.05, 3.63) is 72.3 Å². The van der Waals surface area contributed by atoms with Gasteiger partial charge in [0.25, 0.3) is 0 Å². The zero-order chi connectivity index (χ0) is 22.5. The molecule has 0 aliphatic carbocycles.